The zero-order valence-corrected chi connectivity index (χ0v) is 20.1. The maximum absolute atomic E-state index is 13.3. The van der Waals surface area contributed by atoms with Crippen LogP contribution in [0, 0.1) is 0 Å². The maximum atomic E-state index is 13.3. The lowest BCUT2D eigenvalue weighted by atomic mass is 9.84. The summed E-state index contributed by atoms with van der Waals surface area (Å²) in [5.41, 5.74) is 6.42. The van der Waals surface area contributed by atoms with Gasteiger partial charge in [-0.05, 0) is 61.3 Å². The van der Waals surface area contributed by atoms with E-state index >= 15 is 0 Å². The highest BCUT2D eigenvalue weighted by Crippen LogP contribution is 2.44. The molecule has 3 aliphatic rings. The molecule has 1 amide bonds. The number of carbonyl (C=O) groups is 1. The largest absolute Gasteiger partial charge is 0.448 e. The summed E-state index contributed by atoms with van der Waals surface area (Å²) < 4.78 is 17.1. The molecule has 5 heteroatoms. The normalized spacial score (nSPS) is 21.1. The van der Waals surface area contributed by atoms with E-state index in [1.807, 2.05) is 11.8 Å². The van der Waals surface area contributed by atoms with E-state index in [9.17, 15) is 4.79 Å². The van der Waals surface area contributed by atoms with Gasteiger partial charge in [0.2, 0.25) is 0 Å². The summed E-state index contributed by atoms with van der Waals surface area (Å²) in [4.78, 5) is 15.3. The molecular formula is C29H35NO4. The van der Waals surface area contributed by atoms with Gasteiger partial charge in [-0.3, -0.25) is 4.90 Å². The van der Waals surface area contributed by atoms with Crippen LogP contribution in [0.1, 0.15) is 56.1 Å². The van der Waals surface area contributed by atoms with Crippen molar-refractivity contribution in [1.29, 1.82) is 0 Å². The highest BCUT2D eigenvalue weighted by Gasteiger charge is 2.38. The summed E-state index contributed by atoms with van der Waals surface area (Å²) in [6.07, 6.45) is 7.20. The van der Waals surface area contributed by atoms with Crippen LogP contribution in [0.2, 0.25) is 0 Å². The minimum Gasteiger partial charge on any atom is -0.448 e. The van der Waals surface area contributed by atoms with E-state index in [-0.39, 0.29) is 24.1 Å². The number of hydrogen-bond donors (Lipinski definition) is 0. The first-order valence-electron chi connectivity index (χ1n) is 12.7. The Morgan fingerprint density at radius 3 is 2.35 bits per heavy atom. The van der Waals surface area contributed by atoms with Crippen LogP contribution in [0.4, 0.5) is 4.79 Å². The van der Waals surface area contributed by atoms with Crippen molar-refractivity contribution in [3.63, 3.8) is 0 Å². The van der Waals surface area contributed by atoms with Crippen molar-refractivity contribution < 1.29 is 19.0 Å². The van der Waals surface area contributed by atoms with Crippen molar-refractivity contribution in [1.82, 2.24) is 4.90 Å². The molecule has 0 aromatic heterocycles. The Morgan fingerprint density at radius 2 is 1.65 bits per heavy atom. The molecule has 34 heavy (non-hydrogen) atoms. The van der Waals surface area contributed by atoms with E-state index in [1.54, 1.807) is 0 Å². The summed E-state index contributed by atoms with van der Waals surface area (Å²) in [7, 11) is 0. The van der Waals surface area contributed by atoms with Crippen molar-refractivity contribution in [2.45, 2.75) is 57.0 Å². The zero-order valence-electron chi connectivity index (χ0n) is 20.1. The van der Waals surface area contributed by atoms with Crippen LogP contribution < -0.4 is 0 Å². The molecule has 0 radical (unpaired) electrons. The van der Waals surface area contributed by atoms with Crippen molar-refractivity contribution in [2.75, 3.05) is 33.0 Å². The first-order valence-corrected chi connectivity index (χ1v) is 12.7. The molecule has 2 bridgehead atoms. The third kappa shape index (κ3) is 4.77. The first kappa shape index (κ1) is 23.1. The molecule has 0 N–H and O–H groups in total. The third-order valence-corrected chi connectivity index (χ3v) is 7.40. The number of piperidine rings is 1. The number of benzene rings is 2. The lowest BCUT2D eigenvalue weighted by molar-refractivity contribution is 0.0453. The molecule has 1 fully saturated rings. The van der Waals surface area contributed by atoms with Gasteiger partial charge in [0, 0.05) is 18.6 Å². The highest BCUT2D eigenvalue weighted by atomic mass is 16.6. The second kappa shape index (κ2) is 10.7. The molecule has 2 aromatic carbocycles. The molecule has 2 aromatic rings. The van der Waals surface area contributed by atoms with Gasteiger partial charge in [-0.15, -0.1) is 0 Å². The average molecular weight is 462 g/mol. The van der Waals surface area contributed by atoms with E-state index < -0.39 is 0 Å². The first-order chi connectivity index (χ1) is 16.8. The molecule has 2 unspecified atom stereocenters. The van der Waals surface area contributed by atoms with Crippen LogP contribution in [-0.2, 0) is 14.2 Å². The third-order valence-electron chi connectivity index (χ3n) is 7.40. The van der Waals surface area contributed by atoms with Crippen molar-refractivity contribution in [2.24, 2.45) is 0 Å². The fraction of sp³-hybridized carbons (Fsp3) is 0.483. The Kier molecular flexibility index (Phi) is 7.31. The van der Waals surface area contributed by atoms with Crippen LogP contribution in [0.25, 0.3) is 11.1 Å². The molecular weight excluding hydrogens is 426 g/mol. The predicted molar refractivity (Wildman–Crippen MR) is 133 cm³/mol. The minimum absolute atomic E-state index is 0.0981. The molecule has 0 spiro atoms. The Labute approximate surface area is 202 Å². The van der Waals surface area contributed by atoms with E-state index in [1.165, 1.54) is 27.8 Å². The van der Waals surface area contributed by atoms with E-state index in [4.69, 9.17) is 14.2 Å². The van der Waals surface area contributed by atoms with Crippen LogP contribution in [0.3, 0.4) is 0 Å². The van der Waals surface area contributed by atoms with Crippen LogP contribution in [-0.4, -0.2) is 56.1 Å². The topological polar surface area (TPSA) is 48.0 Å². The van der Waals surface area contributed by atoms with Gasteiger partial charge >= 0.3 is 6.09 Å². The lowest BCUT2D eigenvalue weighted by Crippen LogP contribution is -2.52. The number of rotatable bonds is 9. The van der Waals surface area contributed by atoms with Gasteiger partial charge in [0.25, 0.3) is 0 Å². The van der Waals surface area contributed by atoms with Crippen LogP contribution in [0.5, 0.6) is 0 Å². The highest BCUT2D eigenvalue weighted by molar-refractivity contribution is 5.79. The summed E-state index contributed by atoms with van der Waals surface area (Å²) >= 11 is 0. The second-order valence-corrected chi connectivity index (χ2v) is 9.45. The average Bonchev–Trinajstić information content (AvgIpc) is 3.18. The predicted octanol–water partition coefficient (Wildman–Crippen LogP) is 5.93. The smallest absolute Gasteiger partial charge is 0.410 e. The van der Waals surface area contributed by atoms with Gasteiger partial charge in [0.15, 0.2) is 0 Å². The van der Waals surface area contributed by atoms with Gasteiger partial charge < -0.3 is 14.2 Å². The SMILES string of the molecule is CCOCCOCCC1=CC2CCCC(C1)N2C(=O)OCC1c2ccccc2-c2ccccc21. The van der Waals surface area contributed by atoms with Gasteiger partial charge in [-0.1, -0.05) is 60.2 Å². The standard InChI is InChI=1S/C29H35NO4/c1-2-32-16-17-33-15-14-21-18-22-8-7-9-23(19-21)30(22)29(31)34-20-28-26-12-5-3-10-24(26)25-11-4-6-13-27(25)28/h3-6,10-13,18,22-23,28H,2,7-9,14-17,19-20H2,1H3. The Morgan fingerprint density at radius 1 is 0.941 bits per heavy atom. The molecule has 5 rings (SSSR count). The van der Waals surface area contributed by atoms with Crippen LogP contribution >= 0.6 is 0 Å². The van der Waals surface area contributed by atoms with Gasteiger partial charge in [-0.25, -0.2) is 4.79 Å². The summed E-state index contributed by atoms with van der Waals surface area (Å²) in [6, 6.07) is 17.3. The second-order valence-electron chi connectivity index (χ2n) is 9.45. The number of ether oxygens (including phenoxy) is 3. The van der Waals surface area contributed by atoms with Crippen LogP contribution in [0.15, 0.2) is 60.2 Å². The number of hydrogen-bond acceptors (Lipinski definition) is 4. The lowest BCUT2D eigenvalue weighted by Gasteiger charge is -2.44. The van der Waals surface area contributed by atoms with E-state index in [0.29, 0.717) is 26.4 Å². The van der Waals surface area contributed by atoms with E-state index in [2.05, 4.69) is 54.6 Å². The molecule has 1 saturated heterocycles. The van der Waals surface area contributed by atoms with Crippen molar-refractivity contribution in [3.05, 3.63) is 71.3 Å². The quantitative estimate of drug-likeness (QED) is 0.343. The number of nitrogens with zero attached hydrogens (tertiary/aromatic N) is 1. The minimum atomic E-state index is -0.167. The fourth-order valence-electron chi connectivity index (χ4n) is 5.82. The molecule has 5 nitrogen and oxygen atoms in total. The number of fused-ring (bicyclic) bond motifs is 5. The zero-order chi connectivity index (χ0) is 23.3. The Bertz CT molecular complexity index is 987. The molecule has 2 atom stereocenters. The summed E-state index contributed by atoms with van der Waals surface area (Å²) in [5, 5.41) is 0. The Balaban J connectivity index is 1.21. The van der Waals surface area contributed by atoms with Gasteiger partial charge in [0.1, 0.15) is 6.61 Å². The number of amides is 1. The molecule has 1 aliphatic carbocycles. The summed E-state index contributed by atoms with van der Waals surface area (Å²) in [5.74, 6) is 0.0981. The molecule has 180 valence electrons. The van der Waals surface area contributed by atoms with E-state index in [0.717, 1.165) is 38.7 Å². The monoisotopic (exact) mass is 461 g/mol. The molecule has 0 saturated carbocycles. The van der Waals surface area contributed by atoms with Crippen molar-refractivity contribution in [3.8, 4) is 11.1 Å². The van der Waals surface area contributed by atoms with Gasteiger partial charge in [-0.2, -0.15) is 0 Å². The van der Waals surface area contributed by atoms with Gasteiger partial charge in [0.05, 0.1) is 25.9 Å². The Hall–Kier alpha value is -2.63. The maximum Gasteiger partial charge on any atom is 0.410 e. The molecule has 2 heterocycles. The fourth-order valence-corrected chi connectivity index (χ4v) is 5.82. The summed E-state index contributed by atoms with van der Waals surface area (Å²) in [6.45, 7) is 5.10. The number of carbonyl (C=O) groups excluding carboxylic acids is 1. The van der Waals surface area contributed by atoms with Crippen molar-refractivity contribution >= 4 is 6.09 Å². The molecule has 2 aliphatic heterocycles.